The SMILES string of the molecule is CC(CC#N)N(C)C1CCOCC1. The van der Waals surface area contributed by atoms with Crippen molar-refractivity contribution in [3.8, 4) is 6.07 Å². The monoisotopic (exact) mass is 182 g/mol. The van der Waals surface area contributed by atoms with Crippen molar-refractivity contribution in [1.82, 2.24) is 4.90 Å². The molecule has 13 heavy (non-hydrogen) atoms. The molecule has 0 aromatic rings. The molecule has 1 atom stereocenters. The van der Waals surface area contributed by atoms with Gasteiger partial charge in [-0.3, -0.25) is 4.90 Å². The molecule has 1 saturated heterocycles. The first-order valence-electron chi connectivity index (χ1n) is 4.92. The number of nitrogens with zero attached hydrogens (tertiary/aromatic N) is 2. The predicted octanol–water partition coefficient (Wildman–Crippen LogP) is 1.40. The third kappa shape index (κ3) is 2.98. The van der Waals surface area contributed by atoms with E-state index >= 15 is 0 Å². The van der Waals surface area contributed by atoms with Gasteiger partial charge in [-0.25, -0.2) is 0 Å². The standard InChI is InChI=1S/C10H18N2O/c1-9(3-6-11)12(2)10-4-7-13-8-5-10/h9-10H,3-5,7-8H2,1-2H3. The third-order valence-electron chi connectivity index (χ3n) is 2.85. The molecule has 3 nitrogen and oxygen atoms in total. The van der Waals surface area contributed by atoms with E-state index in [0.717, 1.165) is 26.1 Å². The zero-order valence-corrected chi connectivity index (χ0v) is 8.49. The Morgan fingerprint density at radius 2 is 2.15 bits per heavy atom. The Morgan fingerprint density at radius 1 is 1.54 bits per heavy atom. The maximum Gasteiger partial charge on any atom is 0.0638 e. The molecular formula is C10H18N2O. The van der Waals surface area contributed by atoms with Gasteiger partial charge in [0.15, 0.2) is 0 Å². The van der Waals surface area contributed by atoms with Gasteiger partial charge in [0.05, 0.1) is 12.5 Å². The minimum atomic E-state index is 0.369. The molecule has 1 heterocycles. The molecule has 0 radical (unpaired) electrons. The Hall–Kier alpha value is -0.590. The first-order chi connectivity index (χ1) is 6.25. The molecule has 0 aromatic carbocycles. The van der Waals surface area contributed by atoms with Crippen molar-refractivity contribution in [2.24, 2.45) is 0 Å². The fourth-order valence-corrected chi connectivity index (χ4v) is 1.73. The van der Waals surface area contributed by atoms with E-state index in [9.17, 15) is 0 Å². The maximum atomic E-state index is 8.58. The summed E-state index contributed by atoms with van der Waals surface area (Å²) < 4.78 is 5.30. The van der Waals surface area contributed by atoms with E-state index in [0.29, 0.717) is 18.5 Å². The van der Waals surface area contributed by atoms with Crippen LogP contribution >= 0.6 is 0 Å². The summed E-state index contributed by atoms with van der Waals surface area (Å²) in [6.07, 6.45) is 2.83. The van der Waals surface area contributed by atoms with Crippen molar-refractivity contribution < 1.29 is 4.74 Å². The molecule has 74 valence electrons. The molecular weight excluding hydrogens is 164 g/mol. The second-order valence-corrected chi connectivity index (χ2v) is 3.72. The fraction of sp³-hybridized carbons (Fsp3) is 0.900. The van der Waals surface area contributed by atoms with Crippen molar-refractivity contribution in [2.75, 3.05) is 20.3 Å². The number of rotatable bonds is 3. The molecule has 1 aliphatic rings. The van der Waals surface area contributed by atoms with E-state index in [1.807, 2.05) is 0 Å². The smallest absolute Gasteiger partial charge is 0.0638 e. The first-order valence-corrected chi connectivity index (χ1v) is 4.92. The third-order valence-corrected chi connectivity index (χ3v) is 2.85. The van der Waals surface area contributed by atoms with Gasteiger partial charge in [0, 0.05) is 25.3 Å². The predicted molar refractivity (Wildman–Crippen MR) is 51.3 cm³/mol. The average molecular weight is 182 g/mol. The molecule has 0 amide bonds. The van der Waals surface area contributed by atoms with Crippen LogP contribution < -0.4 is 0 Å². The van der Waals surface area contributed by atoms with Crippen LogP contribution in [0.4, 0.5) is 0 Å². The van der Waals surface area contributed by atoms with Crippen molar-refractivity contribution in [3.63, 3.8) is 0 Å². The molecule has 0 saturated carbocycles. The van der Waals surface area contributed by atoms with Crippen LogP contribution in [0.15, 0.2) is 0 Å². The maximum absolute atomic E-state index is 8.58. The largest absolute Gasteiger partial charge is 0.381 e. The van der Waals surface area contributed by atoms with E-state index in [1.54, 1.807) is 0 Å². The summed E-state index contributed by atoms with van der Waals surface area (Å²) >= 11 is 0. The molecule has 1 unspecified atom stereocenters. The molecule has 3 heteroatoms. The van der Waals surface area contributed by atoms with Crippen molar-refractivity contribution in [3.05, 3.63) is 0 Å². The summed E-state index contributed by atoms with van der Waals surface area (Å²) in [5.41, 5.74) is 0. The summed E-state index contributed by atoms with van der Waals surface area (Å²) in [6.45, 7) is 3.85. The molecule has 1 rings (SSSR count). The minimum Gasteiger partial charge on any atom is -0.381 e. The molecule has 1 fully saturated rings. The Labute approximate surface area is 80.3 Å². The highest BCUT2D eigenvalue weighted by molar-refractivity contribution is 4.82. The highest BCUT2D eigenvalue weighted by atomic mass is 16.5. The number of hydrogen-bond acceptors (Lipinski definition) is 3. The van der Waals surface area contributed by atoms with Crippen LogP contribution in [0.2, 0.25) is 0 Å². The molecule has 0 aliphatic carbocycles. The molecule has 0 spiro atoms. The van der Waals surface area contributed by atoms with E-state index in [-0.39, 0.29) is 0 Å². The lowest BCUT2D eigenvalue weighted by Crippen LogP contribution is -2.41. The van der Waals surface area contributed by atoms with E-state index < -0.39 is 0 Å². The highest BCUT2D eigenvalue weighted by Gasteiger charge is 2.21. The van der Waals surface area contributed by atoms with Crippen molar-refractivity contribution in [1.29, 1.82) is 5.26 Å². The van der Waals surface area contributed by atoms with Crippen LogP contribution in [0.5, 0.6) is 0 Å². The van der Waals surface area contributed by atoms with Gasteiger partial charge in [-0.05, 0) is 26.8 Å². The Morgan fingerprint density at radius 3 is 2.69 bits per heavy atom. The second-order valence-electron chi connectivity index (χ2n) is 3.72. The summed E-state index contributed by atoms with van der Waals surface area (Å²) in [4.78, 5) is 2.31. The van der Waals surface area contributed by atoms with Crippen molar-refractivity contribution in [2.45, 2.75) is 38.3 Å². The van der Waals surface area contributed by atoms with Gasteiger partial charge in [0.2, 0.25) is 0 Å². The summed E-state index contributed by atoms with van der Waals surface area (Å²) in [6, 6.07) is 3.19. The van der Waals surface area contributed by atoms with Crippen LogP contribution in [0, 0.1) is 11.3 Å². The van der Waals surface area contributed by atoms with Gasteiger partial charge < -0.3 is 4.74 Å². The van der Waals surface area contributed by atoms with Crippen LogP contribution in [0.25, 0.3) is 0 Å². The Kier molecular flexibility index (Phi) is 4.20. The normalized spacial score (nSPS) is 21.4. The van der Waals surface area contributed by atoms with Gasteiger partial charge in [-0.15, -0.1) is 0 Å². The Bertz CT molecular complexity index is 182. The summed E-state index contributed by atoms with van der Waals surface area (Å²) in [7, 11) is 2.11. The topological polar surface area (TPSA) is 36.3 Å². The molecule has 0 aromatic heterocycles. The molecule has 0 N–H and O–H groups in total. The lowest BCUT2D eigenvalue weighted by atomic mass is 10.1. The molecule has 1 aliphatic heterocycles. The lowest BCUT2D eigenvalue weighted by molar-refractivity contribution is 0.0318. The van der Waals surface area contributed by atoms with Crippen LogP contribution in [0.1, 0.15) is 26.2 Å². The number of hydrogen-bond donors (Lipinski definition) is 0. The van der Waals surface area contributed by atoms with Gasteiger partial charge in [0.25, 0.3) is 0 Å². The second kappa shape index (κ2) is 5.21. The fourth-order valence-electron chi connectivity index (χ4n) is 1.73. The van der Waals surface area contributed by atoms with Crippen LogP contribution in [0.3, 0.4) is 0 Å². The minimum absolute atomic E-state index is 0.369. The van der Waals surface area contributed by atoms with Crippen LogP contribution in [-0.2, 0) is 4.74 Å². The number of nitriles is 1. The van der Waals surface area contributed by atoms with E-state index in [4.69, 9.17) is 10.00 Å². The van der Waals surface area contributed by atoms with Crippen molar-refractivity contribution >= 4 is 0 Å². The zero-order valence-electron chi connectivity index (χ0n) is 8.49. The van der Waals surface area contributed by atoms with Gasteiger partial charge in [-0.2, -0.15) is 5.26 Å². The van der Waals surface area contributed by atoms with Gasteiger partial charge in [-0.1, -0.05) is 0 Å². The molecule has 0 bridgehead atoms. The first kappa shape index (κ1) is 10.5. The lowest BCUT2D eigenvalue weighted by Gasteiger charge is -2.34. The van der Waals surface area contributed by atoms with Gasteiger partial charge in [0.1, 0.15) is 0 Å². The number of ether oxygens (including phenoxy) is 1. The van der Waals surface area contributed by atoms with Gasteiger partial charge >= 0.3 is 0 Å². The highest BCUT2D eigenvalue weighted by Crippen LogP contribution is 2.16. The summed E-state index contributed by atoms with van der Waals surface area (Å²) in [5.74, 6) is 0. The average Bonchev–Trinajstić information content (AvgIpc) is 2.18. The quantitative estimate of drug-likeness (QED) is 0.662. The van der Waals surface area contributed by atoms with Crippen LogP contribution in [-0.4, -0.2) is 37.2 Å². The van der Waals surface area contributed by atoms with E-state index in [1.165, 1.54) is 0 Å². The van der Waals surface area contributed by atoms with E-state index in [2.05, 4.69) is 24.9 Å². The Balaban J connectivity index is 2.36. The summed E-state index contributed by atoms with van der Waals surface area (Å²) in [5, 5.41) is 8.58. The zero-order chi connectivity index (χ0) is 9.68.